The van der Waals surface area contributed by atoms with E-state index in [1.807, 2.05) is 0 Å². The molecule has 0 unspecified atom stereocenters. The zero-order chi connectivity index (χ0) is 5.56. The van der Waals surface area contributed by atoms with Crippen molar-refractivity contribution in [3.63, 3.8) is 0 Å². The molecular formula is C5H7NO2. The SMILES string of the molecule is O=C1O[C@H]2CN[C@H]1C2. The maximum atomic E-state index is 10.6. The van der Waals surface area contributed by atoms with Crippen molar-refractivity contribution in [2.75, 3.05) is 6.54 Å². The van der Waals surface area contributed by atoms with Crippen LogP contribution in [-0.2, 0) is 9.53 Å². The molecule has 44 valence electrons. The van der Waals surface area contributed by atoms with Gasteiger partial charge in [-0.25, -0.2) is 0 Å². The summed E-state index contributed by atoms with van der Waals surface area (Å²) in [6.07, 6.45) is 1.08. The second-order valence-electron chi connectivity index (χ2n) is 2.26. The summed E-state index contributed by atoms with van der Waals surface area (Å²) in [5.41, 5.74) is 0. The third-order valence-electron chi connectivity index (χ3n) is 1.66. The monoisotopic (exact) mass is 113 g/mol. The number of ether oxygens (including phenoxy) is 1. The summed E-state index contributed by atoms with van der Waals surface area (Å²) in [4.78, 5) is 10.6. The number of esters is 1. The van der Waals surface area contributed by atoms with E-state index < -0.39 is 0 Å². The topological polar surface area (TPSA) is 38.3 Å². The highest BCUT2D eigenvalue weighted by Crippen LogP contribution is 2.19. The smallest absolute Gasteiger partial charge is 0.323 e. The first-order chi connectivity index (χ1) is 3.86. The minimum absolute atomic E-state index is 0.0278. The van der Waals surface area contributed by atoms with Crippen molar-refractivity contribution in [2.45, 2.75) is 18.6 Å². The van der Waals surface area contributed by atoms with Crippen molar-refractivity contribution in [3.05, 3.63) is 0 Å². The summed E-state index contributed by atoms with van der Waals surface area (Å²) in [5.74, 6) is -0.0683. The van der Waals surface area contributed by atoms with Gasteiger partial charge < -0.3 is 10.1 Å². The molecule has 3 nitrogen and oxygen atoms in total. The van der Waals surface area contributed by atoms with Crippen molar-refractivity contribution in [2.24, 2.45) is 0 Å². The number of carbonyl (C=O) groups excluding carboxylic acids is 1. The van der Waals surface area contributed by atoms with Gasteiger partial charge in [0.15, 0.2) is 0 Å². The van der Waals surface area contributed by atoms with Crippen molar-refractivity contribution < 1.29 is 9.53 Å². The lowest BCUT2D eigenvalue weighted by Gasteiger charge is -2.09. The summed E-state index contributed by atoms with van der Waals surface area (Å²) in [6, 6.07) is 0.0278. The Labute approximate surface area is 47.0 Å². The number of hydrogen-bond acceptors (Lipinski definition) is 3. The lowest BCUT2D eigenvalue weighted by molar-refractivity contribution is -0.145. The van der Waals surface area contributed by atoms with E-state index in [1.165, 1.54) is 0 Å². The highest BCUT2D eigenvalue weighted by molar-refractivity contribution is 5.79. The van der Waals surface area contributed by atoms with E-state index >= 15 is 0 Å². The van der Waals surface area contributed by atoms with Crippen LogP contribution in [-0.4, -0.2) is 24.7 Å². The molecule has 2 aliphatic rings. The molecule has 0 aromatic heterocycles. The van der Waals surface area contributed by atoms with Crippen LogP contribution in [0.15, 0.2) is 0 Å². The summed E-state index contributed by atoms with van der Waals surface area (Å²) in [6.45, 7) is 0.858. The van der Waals surface area contributed by atoms with Crippen molar-refractivity contribution in [1.29, 1.82) is 0 Å². The average molecular weight is 113 g/mol. The Morgan fingerprint density at radius 2 is 2.62 bits per heavy atom. The first-order valence-corrected chi connectivity index (χ1v) is 2.80. The molecule has 0 aliphatic carbocycles. The molecule has 0 saturated carbocycles. The first-order valence-electron chi connectivity index (χ1n) is 2.80. The number of fused-ring (bicyclic) bond motifs is 2. The summed E-state index contributed by atoms with van der Waals surface area (Å²) in [7, 11) is 0. The van der Waals surface area contributed by atoms with Gasteiger partial charge >= 0.3 is 5.97 Å². The van der Waals surface area contributed by atoms with Gasteiger partial charge in [0.1, 0.15) is 12.1 Å². The molecule has 1 N–H and O–H groups in total. The minimum atomic E-state index is -0.0683. The Kier molecular flexibility index (Phi) is 0.663. The van der Waals surface area contributed by atoms with E-state index in [9.17, 15) is 4.79 Å². The maximum Gasteiger partial charge on any atom is 0.323 e. The Morgan fingerprint density at radius 1 is 1.75 bits per heavy atom. The number of carbonyl (C=O) groups is 1. The van der Waals surface area contributed by atoms with Gasteiger partial charge in [-0.2, -0.15) is 0 Å². The van der Waals surface area contributed by atoms with Crippen LogP contribution in [0.5, 0.6) is 0 Å². The molecule has 2 aliphatic heterocycles. The van der Waals surface area contributed by atoms with Crippen LogP contribution in [0.2, 0.25) is 0 Å². The van der Waals surface area contributed by atoms with Crippen LogP contribution >= 0.6 is 0 Å². The molecule has 2 heterocycles. The van der Waals surface area contributed by atoms with Gasteiger partial charge in [-0.3, -0.25) is 4.79 Å². The number of morpholine rings is 1. The predicted octanol–water partition coefficient (Wildman–Crippen LogP) is -0.726. The van der Waals surface area contributed by atoms with E-state index in [0.29, 0.717) is 0 Å². The third-order valence-corrected chi connectivity index (χ3v) is 1.66. The standard InChI is InChI=1S/C5H7NO2/c7-5-4-1-3(8-5)2-6-4/h3-4,6H,1-2H2/t3-,4+/m1/s1. The molecule has 2 saturated heterocycles. The molecule has 8 heavy (non-hydrogen) atoms. The van der Waals surface area contributed by atoms with E-state index in [1.54, 1.807) is 0 Å². The van der Waals surface area contributed by atoms with Gasteiger partial charge in [0.25, 0.3) is 0 Å². The van der Waals surface area contributed by atoms with Gasteiger partial charge in [0, 0.05) is 13.0 Å². The normalized spacial score (nSPS) is 42.8. The lowest BCUT2D eigenvalue weighted by Crippen LogP contribution is -2.35. The quantitative estimate of drug-likeness (QED) is 0.421. The molecule has 3 heteroatoms. The van der Waals surface area contributed by atoms with Crippen LogP contribution in [0.25, 0.3) is 0 Å². The van der Waals surface area contributed by atoms with Gasteiger partial charge in [0.05, 0.1) is 0 Å². The van der Waals surface area contributed by atoms with Crippen molar-refractivity contribution in [3.8, 4) is 0 Å². The average Bonchev–Trinajstić information content (AvgIpc) is 2.23. The van der Waals surface area contributed by atoms with Crippen LogP contribution in [0.1, 0.15) is 6.42 Å². The largest absolute Gasteiger partial charge is 0.460 e. The highest BCUT2D eigenvalue weighted by atomic mass is 16.6. The molecule has 0 aromatic rings. The van der Waals surface area contributed by atoms with Gasteiger partial charge in [0.2, 0.25) is 0 Å². The fourth-order valence-electron chi connectivity index (χ4n) is 1.22. The van der Waals surface area contributed by atoms with Crippen LogP contribution in [0.3, 0.4) is 0 Å². The van der Waals surface area contributed by atoms with Gasteiger partial charge in [-0.15, -0.1) is 0 Å². The lowest BCUT2D eigenvalue weighted by atomic mass is 10.2. The molecule has 2 bridgehead atoms. The number of nitrogens with one attached hydrogen (secondary N) is 1. The van der Waals surface area contributed by atoms with E-state index in [0.717, 1.165) is 13.0 Å². The predicted molar refractivity (Wildman–Crippen MR) is 26.3 cm³/mol. The number of hydrogen-bond donors (Lipinski definition) is 1. The number of rotatable bonds is 0. The molecule has 0 amide bonds. The zero-order valence-corrected chi connectivity index (χ0v) is 4.39. The summed E-state index contributed by atoms with van der Waals surface area (Å²) < 4.78 is 4.86. The van der Waals surface area contributed by atoms with Crippen molar-refractivity contribution in [1.82, 2.24) is 5.32 Å². The highest BCUT2D eigenvalue weighted by Gasteiger charge is 2.39. The molecule has 0 aromatic carbocycles. The zero-order valence-electron chi connectivity index (χ0n) is 4.39. The third kappa shape index (κ3) is 0.395. The fraction of sp³-hybridized carbons (Fsp3) is 0.800. The fourth-order valence-corrected chi connectivity index (χ4v) is 1.22. The maximum absolute atomic E-state index is 10.6. The molecule has 2 atom stereocenters. The molecule has 2 fully saturated rings. The van der Waals surface area contributed by atoms with E-state index in [4.69, 9.17) is 4.74 Å². The van der Waals surface area contributed by atoms with Crippen LogP contribution < -0.4 is 5.32 Å². The second-order valence-corrected chi connectivity index (χ2v) is 2.26. The van der Waals surface area contributed by atoms with Crippen LogP contribution in [0, 0.1) is 0 Å². The van der Waals surface area contributed by atoms with E-state index in [-0.39, 0.29) is 18.1 Å². The minimum Gasteiger partial charge on any atom is -0.460 e. The molecule has 0 spiro atoms. The first kappa shape index (κ1) is 4.32. The Morgan fingerprint density at radius 3 is 2.88 bits per heavy atom. The van der Waals surface area contributed by atoms with E-state index in [2.05, 4.69) is 5.32 Å². The summed E-state index contributed by atoms with van der Waals surface area (Å²) >= 11 is 0. The van der Waals surface area contributed by atoms with Gasteiger partial charge in [-0.1, -0.05) is 0 Å². The second kappa shape index (κ2) is 1.23. The molecular weight excluding hydrogens is 106 g/mol. The molecule has 0 radical (unpaired) electrons. The van der Waals surface area contributed by atoms with Crippen LogP contribution in [0.4, 0.5) is 0 Å². The molecule has 2 rings (SSSR count). The Balaban J connectivity index is 2.22. The summed E-state index contributed by atoms with van der Waals surface area (Å²) in [5, 5.41) is 3.03. The Bertz CT molecular complexity index is 134. The van der Waals surface area contributed by atoms with Crippen molar-refractivity contribution >= 4 is 5.97 Å². The van der Waals surface area contributed by atoms with Gasteiger partial charge in [-0.05, 0) is 0 Å². The Hall–Kier alpha value is -0.570.